The SMILES string of the molecule is Cc1ccc(/C(=C\c2ccc(N(c3ccc(/C=C(\c4ccc(C)cc4)C4CCCCC4)cc3)c3c4cc5ccccc5cc4c(N(c4ccc(/C=C(\c5ccc(C)cc5)C5CCCCC5)cc4)c4ccc(/C=C(\c5ccc(C)cc5)C5CCCCC5)cc4)c4cc5ccccc5cc34)cc2)C2CCCCC2)cc1. The molecule has 0 saturated heterocycles. The summed E-state index contributed by atoms with van der Waals surface area (Å²) in [5.41, 5.74) is 28.1. The van der Waals surface area contributed by atoms with Crippen molar-refractivity contribution in [3.05, 3.63) is 334 Å². The topological polar surface area (TPSA) is 6.48 Å². The van der Waals surface area contributed by atoms with Gasteiger partial charge in [-0.05, 0) is 264 Å². The van der Waals surface area contributed by atoms with Crippen LogP contribution in [0.15, 0.2) is 267 Å². The second kappa shape index (κ2) is 32.1. The Bertz CT molecular complexity index is 4750. The lowest BCUT2D eigenvalue weighted by Gasteiger charge is -2.33. The molecule has 0 N–H and O–H groups in total. The van der Waals surface area contributed by atoms with Crippen LogP contribution in [0.1, 0.15) is 195 Å². The molecule has 13 aromatic rings. The van der Waals surface area contributed by atoms with Gasteiger partial charge in [-0.2, -0.15) is 0 Å². The molecule has 4 aliphatic rings. The smallest absolute Gasteiger partial charge is 0.0620 e. The van der Waals surface area contributed by atoms with Crippen LogP contribution in [0.25, 0.3) is 89.7 Å². The van der Waals surface area contributed by atoms with Gasteiger partial charge >= 0.3 is 0 Å². The average molecular weight is 1410 g/mol. The van der Waals surface area contributed by atoms with E-state index in [2.05, 4.69) is 329 Å². The Balaban J connectivity index is 0.897. The fourth-order valence-corrected chi connectivity index (χ4v) is 18.8. The van der Waals surface area contributed by atoms with Gasteiger partial charge in [-0.25, -0.2) is 0 Å². The molecule has 0 amide bonds. The molecule has 2 heteroatoms. The van der Waals surface area contributed by atoms with E-state index >= 15 is 0 Å². The molecular formula is C106H104N2. The van der Waals surface area contributed by atoms with Gasteiger partial charge in [0.15, 0.2) is 0 Å². The molecule has 4 saturated carbocycles. The molecule has 0 atom stereocenters. The van der Waals surface area contributed by atoms with Gasteiger partial charge in [0, 0.05) is 44.3 Å². The molecule has 2 nitrogen and oxygen atoms in total. The highest BCUT2D eigenvalue weighted by Crippen LogP contribution is 2.54. The second-order valence-corrected chi connectivity index (χ2v) is 32.4. The lowest BCUT2D eigenvalue weighted by Crippen LogP contribution is -2.15. The van der Waals surface area contributed by atoms with Gasteiger partial charge in [0.2, 0.25) is 0 Å². The quantitative estimate of drug-likeness (QED) is 0.0480. The number of anilines is 6. The van der Waals surface area contributed by atoms with E-state index in [1.54, 1.807) is 0 Å². The monoisotopic (exact) mass is 1400 g/mol. The molecule has 0 aliphatic heterocycles. The Hall–Kier alpha value is -10.5. The highest BCUT2D eigenvalue weighted by atomic mass is 15.2. The maximum atomic E-state index is 2.62. The largest absolute Gasteiger partial charge is 0.309 e. The summed E-state index contributed by atoms with van der Waals surface area (Å²) < 4.78 is 0. The van der Waals surface area contributed by atoms with Crippen molar-refractivity contribution < 1.29 is 0 Å². The number of allylic oxidation sites excluding steroid dienone is 4. The maximum absolute atomic E-state index is 2.62. The zero-order valence-electron chi connectivity index (χ0n) is 64.1. The summed E-state index contributed by atoms with van der Waals surface area (Å²) in [5, 5.41) is 9.58. The third kappa shape index (κ3) is 15.4. The van der Waals surface area contributed by atoms with Crippen molar-refractivity contribution in [2.75, 3.05) is 9.80 Å². The summed E-state index contributed by atoms with van der Waals surface area (Å²) in [6.45, 7) is 8.82. The third-order valence-electron chi connectivity index (χ3n) is 24.9. The predicted octanol–water partition coefficient (Wildman–Crippen LogP) is 31.0. The standard InChI is InChI=1S/C106H104N2/c1-73-33-49-85(50-34-73)97(81-21-9-5-10-22-81)65-77-41-57-93(58-42-77)107(94-59-43-78(44-60-94)66-98(82-23-11-6-12-24-82)86-51-35-74(2)36-52-86)105-101-69-89-29-17-19-31-91(89)71-103(101)106(104-72-92-32-20-18-30-90(92)70-102(104)105)108(95-61-45-79(46-62-95)67-99(83-25-13-7-14-26-83)87-53-37-75(3)38-54-87)96-63-47-80(48-64-96)68-100(84-27-15-8-16-28-84)88-55-39-76(4)40-56-88/h17-20,29-72,81-84H,5-16,21-28H2,1-4H3/b97-65-,98-66-,99-67-,100-68-. The van der Waals surface area contributed by atoms with E-state index in [1.165, 1.54) is 261 Å². The number of rotatable bonds is 18. The van der Waals surface area contributed by atoms with Crippen LogP contribution >= 0.6 is 0 Å². The van der Waals surface area contributed by atoms with Crippen LogP contribution in [0.2, 0.25) is 0 Å². The number of fused-ring (bicyclic) bond motifs is 4. The first kappa shape index (κ1) is 70.4. The molecule has 4 aliphatic carbocycles. The number of hydrogen-bond acceptors (Lipinski definition) is 2. The third-order valence-corrected chi connectivity index (χ3v) is 24.9. The van der Waals surface area contributed by atoms with E-state index in [4.69, 9.17) is 0 Å². The summed E-state index contributed by atoms with van der Waals surface area (Å²) >= 11 is 0. The Labute approximate surface area is 642 Å². The first-order chi connectivity index (χ1) is 53.1. The predicted molar refractivity (Wildman–Crippen MR) is 468 cm³/mol. The lowest BCUT2D eigenvalue weighted by atomic mass is 9.80. The zero-order valence-corrected chi connectivity index (χ0v) is 64.1. The molecule has 4 fully saturated rings. The van der Waals surface area contributed by atoms with Gasteiger partial charge in [-0.1, -0.05) is 318 Å². The fourth-order valence-electron chi connectivity index (χ4n) is 18.8. The maximum Gasteiger partial charge on any atom is 0.0620 e. The highest BCUT2D eigenvalue weighted by Gasteiger charge is 2.30. The fraction of sp³-hybridized carbons (Fsp3) is 0.264. The number of benzene rings is 13. The molecule has 0 bridgehead atoms. The molecule has 0 radical (unpaired) electrons. The summed E-state index contributed by atoms with van der Waals surface area (Å²) in [6, 6.07) is 104. The van der Waals surface area contributed by atoms with E-state index in [0.29, 0.717) is 23.7 Å². The Morgan fingerprint density at radius 3 is 0.620 bits per heavy atom. The average Bonchev–Trinajstić information content (AvgIpc) is 0.710. The number of nitrogens with zero attached hydrogens (tertiary/aromatic N) is 2. The van der Waals surface area contributed by atoms with Crippen LogP contribution < -0.4 is 9.80 Å². The Kier molecular flexibility index (Phi) is 20.9. The minimum absolute atomic E-state index is 0.533. The first-order valence-corrected chi connectivity index (χ1v) is 41.1. The van der Waals surface area contributed by atoms with Crippen molar-refractivity contribution >= 4 is 124 Å². The molecule has 108 heavy (non-hydrogen) atoms. The molecule has 538 valence electrons. The van der Waals surface area contributed by atoms with Crippen LogP contribution in [-0.4, -0.2) is 0 Å². The van der Waals surface area contributed by atoms with E-state index in [0.717, 1.165) is 34.1 Å². The van der Waals surface area contributed by atoms with E-state index in [9.17, 15) is 0 Å². The molecule has 13 aromatic carbocycles. The molecule has 0 heterocycles. The van der Waals surface area contributed by atoms with Crippen LogP contribution in [0.3, 0.4) is 0 Å². The van der Waals surface area contributed by atoms with Crippen molar-refractivity contribution in [3.63, 3.8) is 0 Å². The van der Waals surface area contributed by atoms with Crippen molar-refractivity contribution in [1.82, 2.24) is 0 Å². The second-order valence-electron chi connectivity index (χ2n) is 32.4. The summed E-state index contributed by atoms with van der Waals surface area (Å²) in [4.78, 5) is 5.23. The van der Waals surface area contributed by atoms with Crippen LogP contribution in [0, 0.1) is 51.4 Å². The van der Waals surface area contributed by atoms with Crippen molar-refractivity contribution in [1.29, 1.82) is 0 Å². The molecule has 0 spiro atoms. The Morgan fingerprint density at radius 1 is 0.231 bits per heavy atom. The van der Waals surface area contributed by atoms with Crippen LogP contribution in [0.4, 0.5) is 34.1 Å². The number of aryl methyl sites for hydroxylation is 4. The van der Waals surface area contributed by atoms with Crippen molar-refractivity contribution in [3.8, 4) is 0 Å². The van der Waals surface area contributed by atoms with E-state index < -0.39 is 0 Å². The van der Waals surface area contributed by atoms with Gasteiger partial charge in [0.25, 0.3) is 0 Å². The van der Waals surface area contributed by atoms with E-state index in [-0.39, 0.29) is 0 Å². The first-order valence-electron chi connectivity index (χ1n) is 41.1. The normalized spacial score (nSPS) is 16.4. The summed E-state index contributed by atoms with van der Waals surface area (Å²) in [5.74, 6) is 2.13. The van der Waals surface area contributed by atoms with Gasteiger partial charge < -0.3 is 9.80 Å². The van der Waals surface area contributed by atoms with Gasteiger partial charge in [-0.15, -0.1) is 0 Å². The molecular weight excluding hydrogens is 1300 g/mol. The minimum atomic E-state index is 0.533. The number of hydrogen-bond donors (Lipinski definition) is 0. The summed E-state index contributed by atoms with van der Waals surface area (Å²) in [7, 11) is 0. The van der Waals surface area contributed by atoms with Gasteiger partial charge in [0.05, 0.1) is 11.4 Å². The minimum Gasteiger partial charge on any atom is -0.309 e. The molecule has 0 unspecified atom stereocenters. The van der Waals surface area contributed by atoms with Gasteiger partial charge in [0.1, 0.15) is 0 Å². The lowest BCUT2D eigenvalue weighted by molar-refractivity contribution is 0.430. The van der Waals surface area contributed by atoms with Crippen LogP contribution in [-0.2, 0) is 0 Å². The van der Waals surface area contributed by atoms with E-state index in [1.807, 2.05) is 0 Å². The van der Waals surface area contributed by atoms with Crippen molar-refractivity contribution in [2.45, 2.75) is 156 Å². The van der Waals surface area contributed by atoms with Crippen LogP contribution in [0.5, 0.6) is 0 Å². The zero-order chi connectivity index (χ0) is 72.9. The molecule has 17 rings (SSSR count). The van der Waals surface area contributed by atoms with Gasteiger partial charge in [-0.3, -0.25) is 0 Å². The highest BCUT2D eigenvalue weighted by molar-refractivity contribution is 6.27. The van der Waals surface area contributed by atoms with Crippen molar-refractivity contribution in [2.24, 2.45) is 23.7 Å². The Morgan fingerprint density at radius 2 is 0.426 bits per heavy atom. The molecule has 0 aromatic heterocycles. The summed E-state index contributed by atoms with van der Waals surface area (Å²) in [6.07, 6.45) is 35.5.